The van der Waals surface area contributed by atoms with E-state index in [-0.39, 0.29) is 0 Å². The first-order valence-corrected chi connectivity index (χ1v) is 10.6. The molecule has 0 aromatic heterocycles. The smallest absolute Gasteiger partial charge is 0.148 e. The Kier molecular flexibility index (Phi) is 7.10. The van der Waals surface area contributed by atoms with Gasteiger partial charge in [0.05, 0.1) is 8.95 Å². The normalized spacial score (nSPS) is 10.7. The molecule has 0 aliphatic heterocycles. The molecule has 6 heteroatoms. The topological polar surface area (TPSA) is 21.3 Å². The lowest BCUT2D eigenvalue weighted by Gasteiger charge is -2.14. The highest BCUT2D eigenvalue weighted by Crippen LogP contribution is 2.36. The molecular formula is C21H17Br2Cl2NO. The number of rotatable bonds is 6. The average molecular weight is 530 g/mol. The highest BCUT2D eigenvalue weighted by molar-refractivity contribution is 9.11. The lowest BCUT2D eigenvalue weighted by atomic mass is 10.1. The maximum absolute atomic E-state index is 6.20. The van der Waals surface area contributed by atoms with Gasteiger partial charge in [-0.3, -0.25) is 0 Å². The first-order chi connectivity index (χ1) is 12.9. The van der Waals surface area contributed by atoms with Crippen LogP contribution in [0.1, 0.15) is 16.7 Å². The van der Waals surface area contributed by atoms with E-state index in [0.717, 1.165) is 37.1 Å². The minimum absolute atomic E-state index is 0.399. The summed E-state index contributed by atoms with van der Waals surface area (Å²) in [4.78, 5) is 0. The Balaban J connectivity index is 1.71. The molecule has 0 radical (unpaired) electrons. The zero-order chi connectivity index (χ0) is 19.4. The van der Waals surface area contributed by atoms with Gasteiger partial charge < -0.3 is 10.1 Å². The summed E-state index contributed by atoms with van der Waals surface area (Å²) in [6.07, 6.45) is 0. The summed E-state index contributed by atoms with van der Waals surface area (Å²) in [5.41, 5.74) is 4.23. The molecule has 1 N–H and O–H groups in total. The van der Waals surface area contributed by atoms with Crippen LogP contribution in [0.5, 0.6) is 5.75 Å². The zero-order valence-electron chi connectivity index (χ0n) is 14.5. The van der Waals surface area contributed by atoms with Gasteiger partial charge in [-0.1, -0.05) is 47.5 Å². The van der Waals surface area contributed by atoms with Crippen molar-refractivity contribution in [1.82, 2.24) is 0 Å². The molecule has 0 fully saturated rings. The first-order valence-electron chi connectivity index (χ1n) is 8.28. The van der Waals surface area contributed by atoms with Crippen molar-refractivity contribution in [3.8, 4) is 5.75 Å². The molecule has 0 unspecified atom stereocenters. The fourth-order valence-electron chi connectivity index (χ4n) is 2.60. The monoisotopic (exact) mass is 527 g/mol. The minimum Gasteiger partial charge on any atom is -0.486 e. The minimum atomic E-state index is 0.399. The van der Waals surface area contributed by atoms with E-state index in [1.165, 1.54) is 0 Å². The van der Waals surface area contributed by atoms with Gasteiger partial charge in [-0.05, 0) is 80.2 Å². The number of nitrogens with one attached hydrogen (secondary N) is 1. The van der Waals surface area contributed by atoms with Gasteiger partial charge in [-0.25, -0.2) is 0 Å². The van der Waals surface area contributed by atoms with Crippen LogP contribution in [-0.2, 0) is 13.2 Å². The molecule has 0 spiro atoms. The third-order valence-electron chi connectivity index (χ3n) is 4.07. The van der Waals surface area contributed by atoms with Gasteiger partial charge in [0, 0.05) is 27.8 Å². The van der Waals surface area contributed by atoms with Crippen molar-refractivity contribution >= 4 is 60.7 Å². The highest BCUT2D eigenvalue weighted by Gasteiger charge is 2.11. The molecule has 3 aromatic rings. The van der Waals surface area contributed by atoms with Crippen LogP contribution in [0.4, 0.5) is 5.69 Å². The molecule has 0 saturated heterocycles. The van der Waals surface area contributed by atoms with Gasteiger partial charge in [0.15, 0.2) is 0 Å². The van der Waals surface area contributed by atoms with Crippen LogP contribution in [0, 0.1) is 6.92 Å². The van der Waals surface area contributed by atoms with E-state index in [2.05, 4.69) is 44.1 Å². The molecule has 0 atom stereocenters. The third kappa shape index (κ3) is 5.41. The second kappa shape index (κ2) is 9.33. The fraction of sp³-hybridized carbons (Fsp3) is 0.143. The molecule has 0 saturated carbocycles. The van der Waals surface area contributed by atoms with Gasteiger partial charge in [-0.2, -0.15) is 0 Å². The lowest BCUT2D eigenvalue weighted by molar-refractivity contribution is 0.302. The van der Waals surface area contributed by atoms with Gasteiger partial charge >= 0.3 is 0 Å². The fourth-order valence-corrected chi connectivity index (χ4v) is 4.47. The summed E-state index contributed by atoms with van der Waals surface area (Å²) in [5, 5.41) is 4.84. The van der Waals surface area contributed by atoms with Crippen molar-refractivity contribution in [3.05, 3.63) is 90.3 Å². The van der Waals surface area contributed by atoms with E-state index < -0.39 is 0 Å². The number of aryl methyl sites for hydroxylation is 1. The van der Waals surface area contributed by atoms with Gasteiger partial charge in [-0.15, -0.1) is 0 Å². The average Bonchev–Trinajstić information content (AvgIpc) is 2.63. The number of halogens is 4. The molecule has 0 bridgehead atoms. The molecule has 27 heavy (non-hydrogen) atoms. The molecule has 0 aliphatic rings. The number of benzene rings is 3. The predicted molar refractivity (Wildman–Crippen MR) is 121 cm³/mol. The van der Waals surface area contributed by atoms with Gasteiger partial charge in [0.25, 0.3) is 0 Å². The summed E-state index contributed by atoms with van der Waals surface area (Å²) < 4.78 is 7.73. The van der Waals surface area contributed by atoms with E-state index in [4.69, 9.17) is 27.9 Å². The Morgan fingerprint density at radius 1 is 0.963 bits per heavy atom. The predicted octanol–water partition coefficient (Wildman–Crippen LogP) is 8.02. The van der Waals surface area contributed by atoms with Crippen molar-refractivity contribution < 1.29 is 4.74 Å². The van der Waals surface area contributed by atoms with E-state index >= 15 is 0 Å². The van der Waals surface area contributed by atoms with E-state index in [1.807, 2.05) is 54.6 Å². The molecule has 0 amide bonds. The Morgan fingerprint density at radius 3 is 2.37 bits per heavy atom. The maximum Gasteiger partial charge on any atom is 0.148 e. The first kappa shape index (κ1) is 20.5. The number of anilines is 1. The quantitative estimate of drug-likeness (QED) is 0.349. The van der Waals surface area contributed by atoms with Crippen LogP contribution in [0.15, 0.2) is 63.5 Å². The largest absolute Gasteiger partial charge is 0.486 e. The van der Waals surface area contributed by atoms with E-state index in [0.29, 0.717) is 23.2 Å². The third-order valence-corrected chi connectivity index (χ3v) is 5.85. The van der Waals surface area contributed by atoms with Crippen molar-refractivity contribution in [1.29, 1.82) is 0 Å². The van der Waals surface area contributed by atoms with Crippen molar-refractivity contribution in [3.63, 3.8) is 0 Å². The Bertz CT molecular complexity index is 940. The van der Waals surface area contributed by atoms with Crippen LogP contribution >= 0.6 is 55.1 Å². The summed E-state index contributed by atoms with van der Waals surface area (Å²) >= 11 is 19.5. The second-order valence-corrected chi connectivity index (χ2v) is 8.63. The number of ether oxygens (including phenoxy) is 1. The zero-order valence-corrected chi connectivity index (χ0v) is 19.2. The molecule has 3 aromatic carbocycles. The van der Waals surface area contributed by atoms with Gasteiger partial charge in [0.2, 0.25) is 0 Å². The van der Waals surface area contributed by atoms with E-state index in [1.54, 1.807) is 0 Å². The Hall–Kier alpha value is -1.20. The standard InChI is InChI=1S/C21H17Br2Cl2NO/c1-13-6-7-16(24)10-20(13)26-11-14-8-17(22)21(18(23)9-14)27-12-15-4-2-3-5-19(15)25/h2-10,26H,11-12H2,1H3. The van der Waals surface area contributed by atoms with Crippen LogP contribution in [0.25, 0.3) is 0 Å². The van der Waals surface area contributed by atoms with Crippen LogP contribution in [0.3, 0.4) is 0 Å². The van der Waals surface area contributed by atoms with Crippen LogP contribution < -0.4 is 10.1 Å². The van der Waals surface area contributed by atoms with Gasteiger partial charge in [0.1, 0.15) is 12.4 Å². The molecule has 3 rings (SSSR count). The highest BCUT2D eigenvalue weighted by atomic mass is 79.9. The molecular weight excluding hydrogens is 513 g/mol. The van der Waals surface area contributed by atoms with Crippen LogP contribution in [0.2, 0.25) is 10.0 Å². The van der Waals surface area contributed by atoms with Crippen LogP contribution in [-0.4, -0.2) is 0 Å². The summed E-state index contributed by atoms with van der Waals surface area (Å²) in [6.45, 7) is 3.12. The number of hydrogen-bond donors (Lipinski definition) is 1. The molecule has 140 valence electrons. The maximum atomic E-state index is 6.20. The Morgan fingerprint density at radius 2 is 1.67 bits per heavy atom. The van der Waals surface area contributed by atoms with Crippen molar-refractivity contribution in [2.75, 3.05) is 5.32 Å². The van der Waals surface area contributed by atoms with E-state index in [9.17, 15) is 0 Å². The molecule has 2 nitrogen and oxygen atoms in total. The van der Waals surface area contributed by atoms with Crippen molar-refractivity contribution in [2.24, 2.45) is 0 Å². The Labute approximate surface area is 186 Å². The number of hydrogen-bond acceptors (Lipinski definition) is 2. The summed E-state index contributed by atoms with van der Waals surface area (Å²) in [6, 6.07) is 17.6. The SMILES string of the molecule is Cc1ccc(Cl)cc1NCc1cc(Br)c(OCc2ccccc2Cl)c(Br)c1. The molecule has 0 heterocycles. The molecule has 0 aliphatic carbocycles. The lowest BCUT2D eigenvalue weighted by Crippen LogP contribution is -2.03. The summed E-state index contributed by atoms with van der Waals surface area (Å²) in [5.74, 6) is 0.748. The second-order valence-electron chi connectivity index (χ2n) is 6.08. The van der Waals surface area contributed by atoms with Crippen molar-refractivity contribution in [2.45, 2.75) is 20.1 Å². The summed E-state index contributed by atoms with van der Waals surface area (Å²) in [7, 11) is 0.